The molecule has 2 N–H and O–H groups in total. The minimum Gasteiger partial charge on any atom is -0.324 e. The summed E-state index contributed by atoms with van der Waals surface area (Å²) in [7, 11) is 0. The van der Waals surface area contributed by atoms with Crippen molar-refractivity contribution in [2.45, 2.75) is 19.9 Å². The number of imidazole rings is 1. The standard InChI is InChI=1S/C19H18N6O2/c1-11(2)16(25-18(27)12-7-3-4-8-13(12)23-24-25)17(26)22-19-20-14-9-5-6-10-15(14)21-19/h3-11,16H,1-2H3,(H2,20,21,22,26). The number of H-pyrrole nitrogens is 1. The third-order valence-electron chi connectivity index (χ3n) is 4.39. The van der Waals surface area contributed by atoms with Gasteiger partial charge in [-0.3, -0.25) is 14.9 Å². The third kappa shape index (κ3) is 3.05. The molecule has 8 heteroatoms. The van der Waals surface area contributed by atoms with Gasteiger partial charge >= 0.3 is 0 Å². The average Bonchev–Trinajstić information content (AvgIpc) is 3.06. The molecule has 8 nitrogen and oxygen atoms in total. The van der Waals surface area contributed by atoms with Gasteiger partial charge in [-0.1, -0.05) is 43.3 Å². The topological polar surface area (TPSA) is 106 Å². The second-order valence-electron chi connectivity index (χ2n) is 6.64. The minimum absolute atomic E-state index is 0.178. The maximum atomic E-state index is 12.9. The quantitative estimate of drug-likeness (QED) is 0.580. The molecule has 1 atom stereocenters. The number of nitrogens with one attached hydrogen (secondary N) is 2. The van der Waals surface area contributed by atoms with Gasteiger partial charge in [0.05, 0.1) is 16.4 Å². The van der Waals surface area contributed by atoms with Crippen molar-refractivity contribution >= 4 is 33.8 Å². The van der Waals surface area contributed by atoms with E-state index < -0.39 is 6.04 Å². The molecule has 4 rings (SSSR count). The second-order valence-corrected chi connectivity index (χ2v) is 6.64. The van der Waals surface area contributed by atoms with E-state index in [1.807, 2.05) is 38.1 Å². The van der Waals surface area contributed by atoms with E-state index >= 15 is 0 Å². The minimum atomic E-state index is -0.817. The highest BCUT2D eigenvalue weighted by Gasteiger charge is 2.28. The number of nitrogens with zero attached hydrogens (tertiary/aromatic N) is 4. The van der Waals surface area contributed by atoms with Crippen LogP contribution >= 0.6 is 0 Å². The summed E-state index contributed by atoms with van der Waals surface area (Å²) in [6.45, 7) is 3.71. The molecule has 0 radical (unpaired) electrons. The summed E-state index contributed by atoms with van der Waals surface area (Å²) in [5.74, 6) is -0.230. The monoisotopic (exact) mass is 362 g/mol. The number of para-hydroxylation sites is 2. The van der Waals surface area contributed by atoms with Crippen molar-refractivity contribution in [1.82, 2.24) is 25.0 Å². The fraction of sp³-hybridized carbons (Fsp3) is 0.211. The maximum absolute atomic E-state index is 12.9. The fourth-order valence-corrected chi connectivity index (χ4v) is 3.08. The highest BCUT2D eigenvalue weighted by atomic mass is 16.2. The maximum Gasteiger partial charge on any atom is 0.278 e. The first-order valence-corrected chi connectivity index (χ1v) is 8.64. The molecular weight excluding hydrogens is 344 g/mol. The van der Waals surface area contributed by atoms with E-state index in [1.165, 1.54) is 0 Å². The summed E-state index contributed by atoms with van der Waals surface area (Å²) in [5.41, 5.74) is 1.71. The summed E-state index contributed by atoms with van der Waals surface area (Å²) in [4.78, 5) is 33.1. The molecule has 0 saturated carbocycles. The third-order valence-corrected chi connectivity index (χ3v) is 4.39. The molecule has 0 saturated heterocycles. The smallest absolute Gasteiger partial charge is 0.278 e. The number of anilines is 1. The van der Waals surface area contributed by atoms with Gasteiger partial charge in [0.1, 0.15) is 11.6 Å². The van der Waals surface area contributed by atoms with E-state index in [1.54, 1.807) is 24.3 Å². The number of carbonyl (C=O) groups is 1. The van der Waals surface area contributed by atoms with Crippen LogP contribution < -0.4 is 10.9 Å². The van der Waals surface area contributed by atoms with E-state index in [-0.39, 0.29) is 17.4 Å². The van der Waals surface area contributed by atoms with Crippen LogP contribution in [0.15, 0.2) is 53.3 Å². The number of amides is 1. The number of hydrogen-bond donors (Lipinski definition) is 2. The van der Waals surface area contributed by atoms with Gasteiger partial charge in [0.25, 0.3) is 11.5 Å². The zero-order valence-electron chi connectivity index (χ0n) is 14.9. The van der Waals surface area contributed by atoms with Gasteiger partial charge in [0.2, 0.25) is 5.95 Å². The number of carbonyl (C=O) groups excluding carboxylic acids is 1. The molecule has 1 unspecified atom stereocenters. The van der Waals surface area contributed by atoms with Crippen molar-refractivity contribution in [1.29, 1.82) is 0 Å². The summed E-state index contributed by atoms with van der Waals surface area (Å²) >= 11 is 0. The number of aromatic amines is 1. The Kier molecular flexibility index (Phi) is 4.15. The SMILES string of the molecule is CC(C)C(C(=O)Nc1nc2ccccc2[nH]1)n1nnc2ccccc2c1=O. The van der Waals surface area contributed by atoms with E-state index in [0.717, 1.165) is 15.7 Å². The van der Waals surface area contributed by atoms with Crippen molar-refractivity contribution in [3.05, 3.63) is 58.9 Å². The highest BCUT2D eigenvalue weighted by Crippen LogP contribution is 2.19. The van der Waals surface area contributed by atoms with Crippen molar-refractivity contribution in [3.8, 4) is 0 Å². The van der Waals surface area contributed by atoms with Crippen LogP contribution in [0.2, 0.25) is 0 Å². The summed E-state index contributed by atoms with van der Waals surface area (Å²) in [5, 5.41) is 11.3. The largest absolute Gasteiger partial charge is 0.324 e. The molecule has 0 aliphatic heterocycles. The van der Waals surface area contributed by atoms with Crippen LogP contribution in [-0.2, 0) is 4.79 Å². The van der Waals surface area contributed by atoms with Gasteiger partial charge in [-0.25, -0.2) is 4.98 Å². The lowest BCUT2D eigenvalue weighted by Gasteiger charge is -2.20. The van der Waals surface area contributed by atoms with Crippen LogP contribution in [0.5, 0.6) is 0 Å². The molecule has 4 aromatic rings. The molecule has 0 spiro atoms. The van der Waals surface area contributed by atoms with Crippen LogP contribution in [0, 0.1) is 5.92 Å². The van der Waals surface area contributed by atoms with Gasteiger partial charge in [-0.05, 0) is 30.2 Å². The van der Waals surface area contributed by atoms with Gasteiger partial charge in [0, 0.05) is 0 Å². The van der Waals surface area contributed by atoms with Crippen LogP contribution in [0.4, 0.5) is 5.95 Å². The van der Waals surface area contributed by atoms with E-state index in [0.29, 0.717) is 16.9 Å². The first kappa shape index (κ1) is 16.9. The van der Waals surface area contributed by atoms with Gasteiger partial charge < -0.3 is 4.98 Å². The number of hydrogen-bond acceptors (Lipinski definition) is 5. The van der Waals surface area contributed by atoms with Crippen molar-refractivity contribution < 1.29 is 4.79 Å². The summed E-state index contributed by atoms with van der Waals surface area (Å²) < 4.78 is 1.14. The fourth-order valence-electron chi connectivity index (χ4n) is 3.08. The number of fused-ring (bicyclic) bond motifs is 2. The lowest BCUT2D eigenvalue weighted by molar-refractivity contribution is -0.120. The Morgan fingerprint density at radius 1 is 1.07 bits per heavy atom. The Morgan fingerprint density at radius 2 is 1.78 bits per heavy atom. The normalized spacial score (nSPS) is 12.6. The van der Waals surface area contributed by atoms with E-state index in [2.05, 4.69) is 25.6 Å². The van der Waals surface area contributed by atoms with Crippen molar-refractivity contribution in [2.24, 2.45) is 5.92 Å². The van der Waals surface area contributed by atoms with E-state index in [9.17, 15) is 9.59 Å². The summed E-state index contributed by atoms with van der Waals surface area (Å²) in [6, 6.07) is 13.6. The number of benzene rings is 2. The van der Waals surface area contributed by atoms with Crippen molar-refractivity contribution in [2.75, 3.05) is 5.32 Å². The molecule has 0 aliphatic rings. The van der Waals surface area contributed by atoms with Crippen LogP contribution in [0.25, 0.3) is 21.9 Å². The van der Waals surface area contributed by atoms with Gasteiger partial charge in [0.15, 0.2) is 0 Å². The first-order valence-electron chi connectivity index (χ1n) is 8.64. The molecule has 2 aromatic heterocycles. The molecule has 136 valence electrons. The zero-order valence-corrected chi connectivity index (χ0v) is 14.9. The summed E-state index contributed by atoms with van der Waals surface area (Å²) in [6.07, 6.45) is 0. The molecule has 0 bridgehead atoms. The predicted octanol–water partition coefficient (Wildman–Crippen LogP) is 2.50. The average molecular weight is 362 g/mol. The van der Waals surface area contributed by atoms with Gasteiger partial charge in [-0.2, -0.15) is 4.68 Å². The molecule has 27 heavy (non-hydrogen) atoms. The Balaban J connectivity index is 1.71. The lowest BCUT2D eigenvalue weighted by Crippen LogP contribution is -2.38. The Labute approximate surface area is 154 Å². The lowest BCUT2D eigenvalue weighted by atomic mass is 10.0. The predicted molar refractivity (Wildman–Crippen MR) is 102 cm³/mol. The Morgan fingerprint density at radius 3 is 2.52 bits per heavy atom. The van der Waals surface area contributed by atoms with Gasteiger partial charge in [-0.15, -0.1) is 5.10 Å². The molecule has 1 amide bonds. The Hall–Kier alpha value is -3.55. The van der Waals surface area contributed by atoms with Crippen LogP contribution in [-0.4, -0.2) is 30.9 Å². The molecule has 0 fully saturated rings. The van der Waals surface area contributed by atoms with Crippen LogP contribution in [0.3, 0.4) is 0 Å². The molecule has 2 heterocycles. The first-order chi connectivity index (χ1) is 13.0. The Bertz CT molecular complexity index is 1160. The zero-order chi connectivity index (χ0) is 19.0. The highest BCUT2D eigenvalue weighted by molar-refractivity contribution is 5.94. The van der Waals surface area contributed by atoms with Crippen LogP contribution in [0.1, 0.15) is 19.9 Å². The molecule has 2 aromatic carbocycles. The molecular formula is C19H18N6O2. The second kappa shape index (κ2) is 6.64. The number of aromatic nitrogens is 5. The number of rotatable bonds is 4. The van der Waals surface area contributed by atoms with Crippen molar-refractivity contribution in [3.63, 3.8) is 0 Å². The molecule has 0 aliphatic carbocycles. The van der Waals surface area contributed by atoms with E-state index in [4.69, 9.17) is 0 Å².